The number of nitrogens with zero attached hydrogens (tertiary/aromatic N) is 2. The lowest BCUT2D eigenvalue weighted by Gasteiger charge is -2.27. The number of pyridine rings is 2. The largest absolute Gasteiger partial charge is 0.372 e. The SMILES string of the molecule is CC(C)c1cccc(C(C)C)c1NC(c1ccccc1)c1cccc(-c2cccnc2)n1. The highest BCUT2D eigenvalue weighted by atomic mass is 15.0. The molecule has 2 heterocycles. The van der Waals surface area contributed by atoms with Crippen molar-refractivity contribution in [2.75, 3.05) is 5.32 Å². The number of rotatable bonds is 7. The monoisotopic (exact) mass is 421 g/mol. The Morgan fingerprint density at radius 2 is 1.38 bits per heavy atom. The lowest BCUT2D eigenvalue weighted by Crippen LogP contribution is -2.17. The zero-order valence-corrected chi connectivity index (χ0v) is 19.3. The first-order valence-corrected chi connectivity index (χ1v) is 11.4. The van der Waals surface area contributed by atoms with Gasteiger partial charge in [-0.1, -0.05) is 82.3 Å². The maximum Gasteiger partial charge on any atom is 0.0940 e. The van der Waals surface area contributed by atoms with Crippen LogP contribution >= 0.6 is 0 Å². The van der Waals surface area contributed by atoms with Crippen molar-refractivity contribution in [1.29, 1.82) is 0 Å². The Hall–Kier alpha value is -3.46. The van der Waals surface area contributed by atoms with Crippen LogP contribution in [0.15, 0.2) is 91.3 Å². The Labute approximate surface area is 191 Å². The topological polar surface area (TPSA) is 37.8 Å². The molecule has 1 unspecified atom stereocenters. The molecule has 0 radical (unpaired) electrons. The molecule has 0 bridgehead atoms. The molecule has 32 heavy (non-hydrogen) atoms. The molecular formula is C29H31N3. The summed E-state index contributed by atoms with van der Waals surface area (Å²) >= 11 is 0. The van der Waals surface area contributed by atoms with Crippen LogP contribution in [0.5, 0.6) is 0 Å². The summed E-state index contributed by atoms with van der Waals surface area (Å²) in [6, 6.07) is 27.4. The molecule has 3 heteroatoms. The molecular weight excluding hydrogens is 390 g/mol. The summed E-state index contributed by atoms with van der Waals surface area (Å²) in [6.45, 7) is 9.01. The van der Waals surface area contributed by atoms with E-state index >= 15 is 0 Å². The molecule has 3 nitrogen and oxygen atoms in total. The first-order valence-electron chi connectivity index (χ1n) is 11.4. The Bertz CT molecular complexity index is 1130. The minimum atomic E-state index is -0.0646. The van der Waals surface area contributed by atoms with E-state index in [1.165, 1.54) is 22.4 Å². The van der Waals surface area contributed by atoms with Gasteiger partial charge >= 0.3 is 0 Å². The van der Waals surface area contributed by atoms with Crippen LogP contribution in [0.1, 0.15) is 68.0 Å². The molecule has 0 fully saturated rings. The van der Waals surface area contributed by atoms with Crippen LogP contribution < -0.4 is 5.32 Å². The molecule has 2 aromatic carbocycles. The zero-order valence-electron chi connectivity index (χ0n) is 19.3. The van der Waals surface area contributed by atoms with Gasteiger partial charge in [0.25, 0.3) is 0 Å². The molecule has 0 aliphatic rings. The Morgan fingerprint density at radius 3 is 2.00 bits per heavy atom. The maximum atomic E-state index is 5.06. The van der Waals surface area contributed by atoms with Gasteiger partial charge in [0, 0.05) is 23.6 Å². The minimum absolute atomic E-state index is 0.0646. The third kappa shape index (κ3) is 4.72. The third-order valence-electron chi connectivity index (χ3n) is 5.82. The molecule has 2 aromatic heterocycles. The molecule has 162 valence electrons. The fourth-order valence-electron chi connectivity index (χ4n) is 4.12. The summed E-state index contributed by atoms with van der Waals surface area (Å²) in [7, 11) is 0. The van der Waals surface area contributed by atoms with Gasteiger partial charge < -0.3 is 5.32 Å². The summed E-state index contributed by atoms with van der Waals surface area (Å²) in [4.78, 5) is 9.33. The van der Waals surface area contributed by atoms with Gasteiger partial charge in [-0.15, -0.1) is 0 Å². The van der Waals surface area contributed by atoms with Gasteiger partial charge in [-0.3, -0.25) is 9.97 Å². The Morgan fingerprint density at radius 1 is 0.688 bits per heavy atom. The van der Waals surface area contributed by atoms with Gasteiger partial charge in [-0.05, 0) is 52.8 Å². The van der Waals surface area contributed by atoms with Crippen LogP contribution in [0.3, 0.4) is 0 Å². The maximum absolute atomic E-state index is 5.06. The van der Waals surface area contributed by atoms with Crippen molar-refractivity contribution in [2.24, 2.45) is 0 Å². The standard InChI is InChI=1S/C29H31N3/c1-20(2)24-14-8-15-25(21(3)4)29(24)32-28(22-11-6-5-7-12-22)27-17-9-16-26(31-27)23-13-10-18-30-19-23/h5-21,28,32H,1-4H3. The van der Waals surface area contributed by atoms with E-state index in [1.54, 1.807) is 6.20 Å². The molecule has 0 saturated heterocycles. The lowest BCUT2D eigenvalue weighted by atomic mass is 9.91. The average Bonchev–Trinajstić information content (AvgIpc) is 2.83. The molecule has 0 saturated carbocycles. The number of para-hydroxylation sites is 1. The van der Waals surface area contributed by atoms with E-state index < -0.39 is 0 Å². The van der Waals surface area contributed by atoms with Crippen molar-refractivity contribution in [1.82, 2.24) is 9.97 Å². The lowest BCUT2D eigenvalue weighted by molar-refractivity contribution is 0.814. The summed E-state index contributed by atoms with van der Waals surface area (Å²) in [5, 5.41) is 3.91. The van der Waals surface area contributed by atoms with Crippen molar-refractivity contribution < 1.29 is 0 Å². The fraction of sp³-hybridized carbons (Fsp3) is 0.241. The molecule has 4 rings (SSSR count). The average molecular weight is 422 g/mol. The number of aromatic nitrogens is 2. The number of hydrogen-bond acceptors (Lipinski definition) is 3. The van der Waals surface area contributed by atoms with Gasteiger partial charge in [0.05, 0.1) is 17.4 Å². The molecule has 0 amide bonds. The van der Waals surface area contributed by atoms with Crippen molar-refractivity contribution in [2.45, 2.75) is 45.6 Å². The smallest absolute Gasteiger partial charge is 0.0940 e. The van der Waals surface area contributed by atoms with Gasteiger partial charge in [0.15, 0.2) is 0 Å². The first kappa shape index (κ1) is 21.8. The predicted octanol–water partition coefficient (Wildman–Crippen LogP) is 7.59. The van der Waals surface area contributed by atoms with E-state index in [-0.39, 0.29) is 6.04 Å². The summed E-state index contributed by atoms with van der Waals surface area (Å²) in [5.41, 5.74) is 8.02. The van der Waals surface area contributed by atoms with Crippen LogP contribution in [0.4, 0.5) is 5.69 Å². The number of anilines is 1. The van der Waals surface area contributed by atoms with Gasteiger partial charge in [-0.25, -0.2) is 0 Å². The van der Waals surface area contributed by atoms with Gasteiger partial charge in [-0.2, -0.15) is 0 Å². The molecule has 1 atom stereocenters. The third-order valence-corrected chi connectivity index (χ3v) is 5.82. The highest BCUT2D eigenvalue weighted by Gasteiger charge is 2.21. The second kappa shape index (κ2) is 9.78. The van der Waals surface area contributed by atoms with Crippen LogP contribution in [0.25, 0.3) is 11.3 Å². The highest BCUT2D eigenvalue weighted by molar-refractivity contribution is 5.63. The number of nitrogens with one attached hydrogen (secondary N) is 1. The minimum Gasteiger partial charge on any atom is -0.372 e. The van der Waals surface area contributed by atoms with Crippen LogP contribution in [-0.4, -0.2) is 9.97 Å². The Balaban J connectivity index is 1.83. The van der Waals surface area contributed by atoms with Crippen LogP contribution in [0.2, 0.25) is 0 Å². The number of benzene rings is 2. The molecule has 0 aliphatic carbocycles. The van der Waals surface area contributed by atoms with E-state index in [1.807, 2.05) is 18.3 Å². The predicted molar refractivity (Wildman–Crippen MR) is 134 cm³/mol. The Kier molecular flexibility index (Phi) is 6.65. The number of hydrogen-bond donors (Lipinski definition) is 1. The van der Waals surface area contributed by atoms with Crippen molar-refractivity contribution >= 4 is 5.69 Å². The van der Waals surface area contributed by atoms with E-state index in [2.05, 4.69) is 105 Å². The fourth-order valence-corrected chi connectivity index (χ4v) is 4.12. The van der Waals surface area contributed by atoms with E-state index in [9.17, 15) is 0 Å². The van der Waals surface area contributed by atoms with Crippen molar-refractivity contribution in [3.05, 3.63) is 114 Å². The summed E-state index contributed by atoms with van der Waals surface area (Å²) in [5.74, 6) is 0.838. The van der Waals surface area contributed by atoms with Crippen LogP contribution in [0, 0.1) is 0 Å². The quantitative estimate of drug-likeness (QED) is 0.334. The zero-order chi connectivity index (χ0) is 22.5. The summed E-state index contributed by atoms with van der Waals surface area (Å²) < 4.78 is 0. The molecule has 0 spiro atoms. The molecule has 4 aromatic rings. The van der Waals surface area contributed by atoms with E-state index in [4.69, 9.17) is 4.98 Å². The summed E-state index contributed by atoms with van der Waals surface area (Å²) in [6.07, 6.45) is 3.65. The normalized spacial score (nSPS) is 12.2. The molecule has 0 aliphatic heterocycles. The van der Waals surface area contributed by atoms with Crippen molar-refractivity contribution in [3.63, 3.8) is 0 Å². The highest BCUT2D eigenvalue weighted by Crippen LogP contribution is 2.36. The van der Waals surface area contributed by atoms with E-state index in [0.29, 0.717) is 11.8 Å². The first-order chi connectivity index (χ1) is 15.5. The van der Waals surface area contributed by atoms with Gasteiger partial charge in [0.1, 0.15) is 0 Å². The molecule has 1 N–H and O–H groups in total. The van der Waals surface area contributed by atoms with Crippen LogP contribution in [-0.2, 0) is 0 Å². The second-order valence-electron chi connectivity index (χ2n) is 8.80. The van der Waals surface area contributed by atoms with Crippen molar-refractivity contribution in [3.8, 4) is 11.3 Å². The van der Waals surface area contributed by atoms with E-state index in [0.717, 1.165) is 17.0 Å². The second-order valence-corrected chi connectivity index (χ2v) is 8.80. The van der Waals surface area contributed by atoms with Gasteiger partial charge in [0.2, 0.25) is 0 Å².